The number of methoxy groups -OCH3 is 1. The minimum absolute atomic E-state index is 0.145. The molecule has 0 radical (unpaired) electrons. The van der Waals surface area contributed by atoms with E-state index in [0.29, 0.717) is 24.4 Å². The molecule has 2 rings (SSSR count). The zero-order valence-corrected chi connectivity index (χ0v) is 13.0. The molecular formula is C16H22ClNO3. The van der Waals surface area contributed by atoms with Crippen molar-refractivity contribution >= 4 is 17.5 Å². The lowest BCUT2D eigenvalue weighted by Gasteiger charge is -2.22. The second-order valence-corrected chi connectivity index (χ2v) is 6.07. The number of hydrogen-bond acceptors (Lipinski definition) is 3. The van der Waals surface area contributed by atoms with Gasteiger partial charge in [-0.15, -0.1) is 0 Å². The molecule has 1 unspecified atom stereocenters. The fraction of sp³-hybridized carbons (Fsp3) is 0.562. The molecule has 1 aliphatic carbocycles. The Kier molecular flexibility index (Phi) is 5.62. The number of halogens is 1. The summed E-state index contributed by atoms with van der Waals surface area (Å²) in [7, 11) is 1.59. The number of nitrogens with one attached hydrogen (secondary N) is 1. The third kappa shape index (κ3) is 4.43. The van der Waals surface area contributed by atoms with E-state index in [1.54, 1.807) is 13.2 Å². The normalized spacial score (nSPS) is 18.4. The highest BCUT2D eigenvalue weighted by Crippen LogP contribution is 2.32. The zero-order chi connectivity index (χ0) is 15.3. The topological polar surface area (TPSA) is 58.6 Å². The van der Waals surface area contributed by atoms with Crippen molar-refractivity contribution < 1.29 is 14.6 Å². The van der Waals surface area contributed by atoms with E-state index in [0.717, 1.165) is 18.4 Å². The third-order valence-corrected chi connectivity index (χ3v) is 4.39. The van der Waals surface area contributed by atoms with E-state index in [1.165, 1.54) is 0 Å². The van der Waals surface area contributed by atoms with Crippen molar-refractivity contribution in [3.05, 3.63) is 34.9 Å². The summed E-state index contributed by atoms with van der Waals surface area (Å²) < 4.78 is 5.40. The SMILES string of the molecule is COC(CNC(=O)CC1(O)CCCC1)c1ccccc1Cl. The van der Waals surface area contributed by atoms with Gasteiger partial charge in [0.2, 0.25) is 5.91 Å². The lowest BCUT2D eigenvalue weighted by molar-refractivity contribution is -0.126. The van der Waals surface area contributed by atoms with Crippen LogP contribution in [0.2, 0.25) is 5.02 Å². The second kappa shape index (κ2) is 7.25. The van der Waals surface area contributed by atoms with Crippen molar-refractivity contribution in [1.29, 1.82) is 0 Å². The average Bonchev–Trinajstić information content (AvgIpc) is 2.87. The first kappa shape index (κ1) is 16.3. The van der Waals surface area contributed by atoms with E-state index in [-0.39, 0.29) is 18.4 Å². The van der Waals surface area contributed by atoms with Crippen LogP contribution < -0.4 is 5.32 Å². The average molecular weight is 312 g/mol. The summed E-state index contributed by atoms with van der Waals surface area (Å²) in [6, 6.07) is 7.42. The van der Waals surface area contributed by atoms with Gasteiger partial charge in [-0.3, -0.25) is 4.79 Å². The summed E-state index contributed by atoms with van der Waals surface area (Å²) in [5.41, 5.74) is 0.0263. The minimum atomic E-state index is -0.822. The fourth-order valence-corrected chi connectivity index (χ4v) is 3.09. The Morgan fingerprint density at radius 1 is 1.43 bits per heavy atom. The molecule has 1 fully saturated rings. The van der Waals surface area contributed by atoms with Crippen LogP contribution in [0.5, 0.6) is 0 Å². The van der Waals surface area contributed by atoms with Crippen LogP contribution in [0.15, 0.2) is 24.3 Å². The van der Waals surface area contributed by atoms with E-state index in [2.05, 4.69) is 5.32 Å². The molecular weight excluding hydrogens is 290 g/mol. The lowest BCUT2D eigenvalue weighted by atomic mass is 9.97. The Morgan fingerprint density at radius 3 is 2.71 bits per heavy atom. The van der Waals surface area contributed by atoms with Gasteiger partial charge in [-0.1, -0.05) is 42.6 Å². The Balaban J connectivity index is 1.88. The molecule has 21 heavy (non-hydrogen) atoms. The van der Waals surface area contributed by atoms with Crippen LogP contribution in [-0.4, -0.2) is 30.3 Å². The van der Waals surface area contributed by atoms with Crippen LogP contribution in [0.4, 0.5) is 0 Å². The number of carbonyl (C=O) groups is 1. The van der Waals surface area contributed by atoms with E-state index in [9.17, 15) is 9.90 Å². The van der Waals surface area contributed by atoms with Gasteiger partial charge in [0, 0.05) is 24.2 Å². The Morgan fingerprint density at radius 2 is 2.10 bits per heavy atom. The van der Waals surface area contributed by atoms with Crippen LogP contribution in [0, 0.1) is 0 Å². The molecule has 1 aromatic carbocycles. The van der Waals surface area contributed by atoms with Gasteiger partial charge in [-0.2, -0.15) is 0 Å². The molecule has 1 aliphatic rings. The number of ether oxygens (including phenoxy) is 1. The standard InChI is InChI=1S/C16H22ClNO3/c1-21-14(12-6-2-3-7-13(12)17)11-18-15(19)10-16(20)8-4-5-9-16/h2-3,6-7,14,20H,4-5,8-11H2,1H3,(H,18,19). The van der Waals surface area contributed by atoms with Crippen molar-refractivity contribution in [3.63, 3.8) is 0 Å². The van der Waals surface area contributed by atoms with Gasteiger partial charge in [0.15, 0.2) is 0 Å². The molecule has 0 aliphatic heterocycles. The largest absolute Gasteiger partial charge is 0.389 e. The van der Waals surface area contributed by atoms with Gasteiger partial charge in [0.05, 0.1) is 12.0 Å². The molecule has 0 heterocycles. The highest BCUT2D eigenvalue weighted by molar-refractivity contribution is 6.31. The van der Waals surface area contributed by atoms with Gasteiger partial charge in [0.25, 0.3) is 0 Å². The van der Waals surface area contributed by atoms with E-state index in [1.807, 2.05) is 18.2 Å². The highest BCUT2D eigenvalue weighted by Gasteiger charge is 2.33. The van der Waals surface area contributed by atoms with E-state index in [4.69, 9.17) is 16.3 Å². The summed E-state index contributed by atoms with van der Waals surface area (Å²) in [4.78, 5) is 12.0. The summed E-state index contributed by atoms with van der Waals surface area (Å²) in [6.07, 6.45) is 3.26. The van der Waals surface area contributed by atoms with Crippen LogP contribution in [-0.2, 0) is 9.53 Å². The molecule has 0 saturated heterocycles. The molecule has 1 amide bonds. The molecule has 1 aromatic rings. The summed E-state index contributed by atoms with van der Waals surface area (Å²) in [6.45, 7) is 0.342. The quantitative estimate of drug-likeness (QED) is 0.849. The molecule has 0 aromatic heterocycles. The maximum atomic E-state index is 12.0. The molecule has 0 bridgehead atoms. The number of hydrogen-bond donors (Lipinski definition) is 2. The number of amides is 1. The van der Waals surface area contributed by atoms with Gasteiger partial charge in [-0.05, 0) is 18.9 Å². The van der Waals surface area contributed by atoms with Crippen molar-refractivity contribution in [2.45, 2.75) is 43.8 Å². The monoisotopic (exact) mass is 311 g/mol. The summed E-state index contributed by atoms with van der Waals surface area (Å²) >= 11 is 6.14. The number of rotatable bonds is 6. The Labute approximate surface area is 130 Å². The minimum Gasteiger partial charge on any atom is -0.389 e. The first-order valence-electron chi connectivity index (χ1n) is 7.30. The maximum Gasteiger partial charge on any atom is 0.222 e. The van der Waals surface area contributed by atoms with Crippen molar-refractivity contribution in [3.8, 4) is 0 Å². The maximum absolute atomic E-state index is 12.0. The van der Waals surface area contributed by atoms with E-state index < -0.39 is 5.60 Å². The molecule has 2 N–H and O–H groups in total. The zero-order valence-electron chi connectivity index (χ0n) is 12.3. The molecule has 0 spiro atoms. The number of aliphatic hydroxyl groups is 1. The predicted octanol–water partition coefficient (Wildman–Crippen LogP) is 2.84. The Bertz CT molecular complexity index is 486. The van der Waals surface area contributed by atoms with E-state index >= 15 is 0 Å². The first-order valence-corrected chi connectivity index (χ1v) is 7.68. The fourth-order valence-electron chi connectivity index (χ4n) is 2.83. The smallest absolute Gasteiger partial charge is 0.222 e. The van der Waals surface area contributed by atoms with Gasteiger partial charge >= 0.3 is 0 Å². The summed E-state index contributed by atoms with van der Waals surface area (Å²) in [5, 5.41) is 13.7. The van der Waals surface area contributed by atoms with Crippen molar-refractivity contribution in [2.75, 3.05) is 13.7 Å². The van der Waals surface area contributed by atoms with Crippen LogP contribution in [0.1, 0.15) is 43.8 Å². The van der Waals surface area contributed by atoms with Crippen molar-refractivity contribution in [1.82, 2.24) is 5.32 Å². The third-order valence-electron chi connectivity index (χ3n) is 4.05. The van der Waals surface area contributed by atoms with Crippen LogP contribution >= 0.6 is 11.6 Å². The predicted molar refractivity (Wildman–Crippen MR) is 82.2 cm³/mol. The van der Waals surface area contributed by atoms with Gasteiger partial charge in [-0.25, -0.2) is 0 Å². The molecule has 1 saturated carbocycles. The van der Waals surface area contributed by atoms with Gasteiger partial charge in [0.1, 0.15) is 6.10 Å². The first-order chi connectivity index (χ1) is 10.0. The lowest BCUT2D eigenvalue weighted by Crippen LogP contribution is -2.36. The Hall–Kier alpha value is -1.10. The van der Waals surface area contributed by atoms with Crippen LogP contribution in [0.25, 0.3) is 0 Å². The van der Waals surface area contributed by atoms with Crippen molar-refractivity contribution in [2.24, 2.45) is 0 Å². The van der Waals surface area contributed by atoms with Crippen LogP contribution in [0.3, 0.4) is 0 Å². The van der Waals surface area contributed by atoms with Gasteiger partial charge < -0.3 is 15.2 Å². The second-order valence-electron chi connectivity index (χ2n) is 5.66. The number of benzene rings is 1. The molecule has 4 nitrogen and oxygen atoms in total. The molecule has 1 atom stereocenters. The summed E-state index contributed by atoms with van der Waals surface area (Å²) in [5.74, 6) is -0.145. The highest BCUT2D eigenvalue weighted by atomic mass is 35.5. The number of carbonyl (C=O) groups excluding carboxylic acids is 1. The molecule has 116 valence electrons. The molecule has 5 heteroatoms.